The van der Waals surface area contributed by atoms with Gasteiger partial charge in [0, 0.05) is 5.10 Å². The number of rotatable bonds is 7. The van der Waals surface area contributed by atoms with Crippen LogP contribution in [-0.2, 0) is 17.8 Å². The van der Waals surface area contributed by atoms with E-state index in [4.69, 9.17) is 0 Å². The Balaban J connectivity index is 1.91. The maximum Gasteiger partial charge on any atom is 0.490 e. The van der Waals surface area contributed by atoms with Gasteiger partial charge in [-0.15, -0.1) is 0 Å². The molecule has 1 unspecified atom stereocenters. The van der Waals surface area contributed by atoms with E-state index in [1.54, 1.807) is 0 Å². The van der Waals surface area contributed by atoms with Gasteiger partial charge in [-0.2, -0.15) is 4.68 Å². The van der Waals surface area contributed by atoms with Gasteiger partial charge in [-0.3, -0.25) is 4.79 Å². The minimum atomic E-state index is -0.699. The van der Waals surface area contributed by atoms with E-state index in [0.29, 0.717) is 5.92 Å². The van der Waals surface area contributed by atoms with Gasteiger partial charge in [0.2, 0.25) is 12.2 Å². The average Bonchev–Trinajstić information content (AvgIpc) is 2.95. The minimum Gasteiger partial charge on any atom is -0.390 e. The lowest BCUT2D eigenvalue weighted by Gasteiger charge is -2.15. The predicted octanol–water partition coefficient (Wildman–Crippen LogP) is 2.26. The number of nitrogens with zero attached hydrogens (tertiary/aromatic N) is 4. The van der Waals surface area contributed by atoms with Gasteiger partial charge in [0.25, 0.3) is 0 Å². The molecule has 0 saturated heterocycles. The van der Waals surface area contributed by atoms with E-state index < -0.39 is 10.9 Å². The van der Waals surface area contributed by atoms with Gasteiger partial charge in [0.05, 0.1) is 6.04 Å². The highest BCUT2D eigenvalue weighted by atomic mass is 16.6. The summed E-state index contributed by atoms with van der Waals surface area (Å²) in [5.41, 5.74) is 2.27. The molecule has 8 nitrogen and oxygen atoms in total. The van der Waals surface area contributed by atoms with Crippen LogP contribution in [0, 0.1) is 16.0 Å². The fraction of sp³-hybridized carbons (Fsp3) is 0.438. The normalized spacial score (nSPS) is 12.2. The van der Waals surface area contributed by atoms with Crippen LogP contribution < -0.4 is 5.32 Å². The van der Waals surface area contributed by atoms with Crippen molar-refractivity contribution in [2.24, 2.45) is 5.92 Å². The third-order valence-electron chi connectivity index (χ3n) is 3.49. The third-order valence-corrected chi connectivity index (χ3v) is 3.49. The maximum atomic E-state index is 12.0. The lowest BCUT2D eigenvalue weighted by Crippen LogP contribution is -2.30. The zero-order valence-electron chi connectivity index (χ0n) is 14.0. The molecule has 2 aromatic rings. The molecule has 1 aromatic heterocycles. The van der Waals surface area contributed by atoms with Gasteiger partial charge in [-0.25, -0.2) is 0 Å². The average molecular weight is 331 g/mol. The first-order valence-corrected chi connectivity index (χ1v) is 7.77. The van der Waals surface area contributed by atoms with E-state index in [1.165, 1.54) is 11.9 Å². The second-order valence-electron chi connectivity index (χ2n) is 6.13. The summed E-state index contributed by atoms with van der Waals surface area (Å²) in [7, 11) is 0. The van der Waals surface area contributed by atoms with Crippen molar-refractivity contribution in [3.63, 3.8) is 0 Å². The molecule has 0 aliphatic heterocycles. The van der Waals surface area contributed by atoms with Crippen LogP contribution in [0.4, 0.5) is 5.95 Å². The van der Waals surface area contributed by atoms with Crippen molar-refractivity contribution < 1.29 is 9.72 Å². The van der Waals surface area contributed by atoms with Crippen molar-refractivity contribution in [1.82, 2.24) is 20.1 Å². The minimum absolute atomic E-state index is 0.114. The Bertz CT molecular complexity index is 709. The van der Waals surface area contributed by atoms with Crippen molar-refractivity contribution in [2.45, 2.75) is 39.8 Å². The highest BCUT2D eigenvalue weighted by Gasteiger charge is 2.16. The van der Waals surface area contributed by atoms with Crippen LogP contribution in [0.25, 0.3) is 0 Å². The smallest absolute Gasteiger partial charge is 0.390 e. The summed E-state index contributed by atoms with van der Waals surface area (Å²) in [5.74, 6) is -0.204. The van der Waals surface area contributed by atoms with Crippen LogP contribution in [0.1, 0.15) is 37.9 Å². The van der Waals surface area contributed by atoms with Crippen molar-refractivity contribution in [3.05, 3.63) is 51.8 Å². The number of amides is 1. The van der Waals surface area contributed by atoms with Gasteiger partial charge in [0.1, 0.15) is 6.54 Å². The second kappa shape index (κ2) is 7.67. The number of carbonyl (C=O) groups is 1. The summed E-state index contributed by atoms with van der Waals surface area (Å²) >= 11 is 0. The van der Waals surface area contributed by atoms with Crippen molar-refractivity contribution in [1.29, 1.82) is 0 Å². The van der Waals surface area contributed by atoms with E-state index in [0.717, 1.165) is 16.7 Å². The Labute approximate surface area is 140 Å². The van der Waals surface area contributed by atoms with Gasteiger partial charge >= 0.3 is 5.95 Å². The summed E-state index contributed by atoms with van der Waals surface area (Å²) in [5, 5.41) is 17.0. The third kappa shape index (κ3) is 4.87. The Morgan fingerprint density at radius 3 is 2.50 bits per heavy atom. The second-order valence-corrected chi connectivity index (χ2v) is 6.13. The van der Waals surface area contributed by atoms with Crippen molar-refractivity contribution in [3.8, 4) is 0 Å². The lowest BCUT2D eigenvalue weighted by molar-refractivity contribution is -0.394. The first kappa shape index (κ1) is 17.6. The summed E-state index contributed by atoms with van der Waals surface area (Å²) in [6, 6.07) is 7.98. The van der Waals surface area contributed by atoms with Gasteiger partial charge in [-0.1, -0.05) is 43.1 Å². The molecule has 8 heteroatoms. The topological polar surface area (TPSA) is 103 Å². The van der Waals surface area contributed by atoms with Crippen LogP contribution in [0.3, 0.4) is 0 Å². The Morgan fingerprint density at radius 1 is 1.29 bits per heavy atom. The molecule has 0 saturated carbocycles. The quantitative estimate of drug-likeness (QED) is 0.619. The van der Waals surface area contributed by atoms with Crippen molar-refractivity contribution in [2.75, 3.05) is 0 Å². The molecule has 128 valence electrons. The first-order valence-electron chi connectivity index (χ1n) is 7.77. The molecular formula is C16H21N5O3. The molecule has 2 rings (SSSR count). The molecule has 1 amide bonds. The molecule has 1 atom stereocenters. The Morgan fingerprint density at radius 2 is 1.96 bits per heavy atom. The number of benzene rings is 1. The van der Waals surface area contributed by atoms with Gasteiger partial charge in [-0.05, 0) is 35.3 Å². The first-order chi connectivity index (χ1) is 11.3. The largest absolute Gasteiger partial charge is 0.490 e. The van der Waals surface area contributed by atoms with Crippen LogP contribution in [-0.4, -0.2) is 25.6 Å². The molecule has 0 aliphatic carbocycles. The molecule has 1 heterocycles. The summed E-state index contributed by atoms with van der Waals surface area (Å²) in [6.07, 6.45) is 2.19. The molecule has 0 radical (unpaired) electrons. The molecule has 24 heavy (non-hydrogen) atoms. The predicted molar refractivity (Wildman–Crippen MR) is 88.2 cm³/mol. The molecule has 1 aromatic carbocycles. The van der Waals surface area contributed by atoms with Crippen LogP contribution in [0.2, 0.25) is 0 Å². The van der Waals surface area contributed by atoms with E-state index in [1.807, 2.05) is 19.1 Å². The Kier molecular flexibility index (Phi) is 5.62. The zero-order valence-corrected chi connectivity index (χ0v) is 14.0. The Hall–Kier alpha value is -2.77. The van der Waals surface area contributed by atoms with E-state index in [9.17, 15) is 14.9 Å². The monoisotopic (exact) mass is 331 g/mol. The molecule has 1 N–H and O–H groups in total. The van der Waals surface area contributed by atoms with Crippen LogP contribution in [0.15, 0.2) is 30.6 Å². The fourth-order valence-corrected chi connectivity index (χ4v) is 2.38. The van der Waals surface area contributed by atoms with Crippen LogP contribution in [0.5, 0.6) is 0 Å². The number of hydrogen-bond donors (Lipinski definition) is 1. The van der Waals surface area contributed by atoms with Crippen molar-refractivity contribution >= 4 is 11.9 Å². The zero-order chi connectivity index (χ0) is 17.7. The molecule has 0 fully saturated rings. The number of nitro groups is 1. The lowest BCUT2D eigenvalue weighted by atomic mass is 10.00. The van der Waals surface area contributed by atoms with E-state index in [2.05, 4.69) is 41.4 Å². The number of hydrogen-bond acceptors (Lipinski definition) is 5. The fourth-order valence-electron chi connectivity index (χ4n) is 2.38. The highest BCUT2D eigenvalue weighted by molar-refractivity contribution is 5.76. The van der Waals surface area contributed by atoms with E-state index in [-0.39, 0.29) is 18.5 Å². The molecule has 0 bridgehead atoms. The highest BCUT2D eigenvalue weighted by Crippen LogP contribution is 2.15. The van der Waals surface area contributed by atoms with Gasteiger partial charge < -0.3 is 15.4 Å². The number of aromatic nitrogens is 3. The summed E-state index contributed by atoms with van der Waals surface area (Å²) in [6.45, 7) is 6.12. The number of nitrogens with one attached hydrogen (secondary N) is 1. The van der Waals surface area contributed by atoms with Gasteiger partial charge in [0.15, 0.2) is 0 Å². The standard InChI is InChI=1S/C16H21N5O3/c1-11(2)8-13-4-6-14(7-5-13)12(3)18-15(22)9-20-10-17-16(19-20)21(23)24/h4-7,10-12H,8-9H2,1-3H3,(H,18,22). The summed E-state index contributed by atoms with van der Waals surface area (Å²) in [4.78, 5) is 25.4. The maximum absolute atomic E-state index is 12.0. The molecule has 0 aliphatic rings. The van der Waals surface area contributed by atoms with Crippen LogP contribution >= 0.6 is 0 Å². The number of carbonyl (C=O) groups excluding carboxylic acids is 1. The molecule has 0 spiro atoms. The summed E-state index contributed by atoms with van der Waals surface area (Å²) < 4.78 is 1.14. The molecular weight excluding hydrogens is 310 g/mol. The SMILES string of the molecule is CC(C)Cc1ccc(C(C)NC(=O)Cn2cnc([N+](=O)[O-])n2)cc1. The van der Waals surface area contributed by atoms with E-state index >= 15 is 0 Å².